The summed E-state index contributed by atoms with van der Waals surface area (Å²) in [5.74, 6) is -0.565. The molecule has 1 aliphatic carbocycles. The number of H-pyrrole nitrogens is 1. The van der Waals surface area contributed by atoms with Crippen molar-refractivity contribution in [3.05, 3.63) is 57.3 Å². The highest BCUT2D eigenvalue weighted by atomic mass is 16.5. The predicted molar refractivity (Wildman–Crippen MR) is 101 cm³/mol. The maximum atomic E-state index is 12.5. The van der Waals surface area contributed by atoms with Crippen molar-refractivity contribution >= 4 is 17.6 Å². The molecule has 4 rings (SSSR count). The van der Waals surface area contributed by atoms with Gasteiger partial charge in [-0.15, -0.1) is 0 Å². The number of nitrogens with one attached hydrogen (secondary N) is 3. The summed E-state index contributed by atoms with van der Waals surface area (Å²) in [5.41, 5.74) is 4.27. The Bertz CT molecular complexity index is 1160. The molecule has 0 fully saturated rings. The van der Waals surface area contributed by atoms with Gasteiger partial charge in [0.15, 0.2) is 5.69 Å². The van der Waals surface area contributed by atoms with Crippen LogP contribution in [-0.4, -0.2) is 40.0 Å². The molecule has 3 aromatic rings. The van der Waals surface area contributed by atoms with Gasteiger partial charge in [-0.05, 0) is 18.1 Å². The molecule has 0 aliphatic heterocycles. The molecule has 0 radical (unpaired) electrons. The van der Waals surface area contributed by atoms with E-state index in [1.54, 1.807) is 18.4 Å². The summed E-state index contributed by atoms with van der Waals surface area (Å²) in [6.07, 6.45) is 2.08. The fraction of sp³-hybridized carbons (Fsp3) is 0.263. The van der Waals surface area contributed by atoms with Gasteiger partial charge in [0.2, 0.25) is 5.65 Å². The molecule has 0 atom stereocenters. The average molecular weight is 381 g/mol. The van der Waals surface area contributed by atoms with Gasteiger partial charge in [-0.25, -0.2) is 14.6 Å². The van der Waals surface area contributed by atoms with E-state index >= 15 is 0 Å². The van der Waals surface area contributed by atoms with Crippen molar-refractivity contribution in [3.8, 4) is 11.3 Å². The van der Waals surface area contributed by atoms with Crippen LogP contribution in [0.15, 0.2) is 29.2 Å². The topological polar surface area (TPSA) is 118 Å². The van der Waals surface area contributed by atoms with Crippen LogP contribution in [0.3, 0.4) is 0 Å². The molecule has 0 saturated carbocycles. The molecule has 144 valence electrons. The number of aromatic nitrogens is 3. The minimum absolute atomic E-state index is 0.0956. The van der Waals surface area contributed by atoms with Crippen LogP contribution in [-0.2, 0) is 17.7 Å². The first kappa shape index (κ1) is 17.8. The van der Waals surface area contributed by atoms with Crippen LogP contribution < -0.4 is 16.2 Å². The van der Waals surface area contributed by atoms with E-state index in [4.69, 9.17) is 4.74 Å². The third-order valence-corrected chi connectivity index (χ3v) is 4.76. The fourth-order valence-corrected chi connectivity index (χ4v) is 3.48. The van der Waals surface area contributed by atoms with Crippen LogP contribution in [0.4, 0.5) is 4.79 Å². The van der Waals surface area contributed by atoms with E-state index < -0.39 is 5.97 Å². The number of amides is 2. The second-order valence-corrected chi connectivity index (χ2v) is 6.37. The highest BCUT2D eigenvalue weighted by Crippen LogP contribution is 2.36. The SMILES string of the molecule is CCOC(=O)c1cn2c3c([nH]c(=O)c2n1)-c1cccc(CNC(=O)NC)c1C3. The first-order valence-electron chi connectivity index (χ1n) is 8.91. The third kappa shape index (κ3) is 2.81. The Labute approximate surface area is 159 Å². The molecule has 2 aromatic heterocycles. The third-order valence-electron chi connectivity index (χ3n) is 4.76. The van der Waals surface area contributed by atoms with Crippen LogP contribution in [0.5, 0.6) is 0 Å². The maximum Gasteiger partial charge on any atom is 0.358 e. The molecule has 2 amide bonds. The second-order valence-electron chi connectivity index (χ2n) is 6.37. The highest BCUT2D eigenvalue weighted by molar-refractivity contribution is 5.88. The minimum atomic E-state index is -0.565. The van der Waals surface area contributed by atoms with Gasteiger partial charge in [-0.2, -0.15) is 0 Å². The highest BCUT2D eigenvalue weighted by Gasteiger charge is 2.26. The van der Waals surface area contributed by atoms with E-state index in [2.05, 4.69) is 20.6 Å². The van der Waals surface area contributed by atoms with Crippen molar-refractivity contribution in [1.29, 1.82) is 0 Å². The van der Waals surface area contributed by atoms with E-state index in [-0.39, 0.29) is 29.5 Å². The zero-order valence-electron chi connectivity index (χ0n) is 15.5. The Morgan fingerprint density at radius 1 is 1.36 bits per heavy atom. The van der Waals surface area contributed by atoms with E-state index in [1.807, 2.05) is 18.2 Å². The van der Waals surface area contributed by atoms with Crippen molar-refractivity contribution in [2.75, 3.05) is 13.7 Å². The van der Waals surface area contributed by atoms with Gasteiger partial charge in [0, 0.05) is 31.8 Å². The fourth-order valence-electron chi connectivity index (χ4n) is 3.48. The number of benzene rings is 1. The summed E-state index contributed by atoms with van der Waals surface area (Å²) in [6, 6.07) is 5.48. The monoisotopic (exact) mass is 381 g/mol. The lowest BCUT2D eigenvalue weighted by atomic mass is 10.0. The van der Waals surface area contributed by atoms with Gasteiger partial charge in [-0.1, -0.05) is 18.2 Å². The van der Waals surface area contributed by atoms with Crippen molar-refractivity contribution in [2.45, 2.75) is 19.9 Å². The largest absolute Gasteiger partial charge is 0.461 e. The Balaban J connectivity index is 1.79. The molecule has 0 unspecified atom stereocenters. The van der Waals surface area contributed by atoms with Gasteiger partial charge >= 0.3 is 12.0 Å². The summed E-state index contributed by atoms with van der Waals surface area (Å²) < 4.78 is 6.64. The minimum Gasteiger partial charge on any atom is -0.461 e. The Morgan fingerprint density at radius 3 is 2.93 bits per heavy atom. The normalized spacial score (nSPS) is 11.8. The molecule has 0 bridgehead atoms. The number of esters is 1. The molecular formula is C19H19N5O4. The number of rotatable bonds is 4. The zero-order chi connectivity index (χ0) is 19.8. The van der Waals surface area contributed by atoms with E-state index in [0.717, 1.165) is 22.4 Å². The average Bonchev–Trinajstić information content (AvgIpc) is 3.29. The summed E-state index contributed by atoms with van der Waals surface area (Å²) in [5, 5.41) is 5.31. The number of urea groups is 1. The van der Waals surface area contributed by atoms with E-state index in [0.29, 0.717) is 18.7 Å². The number of imidazole rings is 1. The summed E-state index contributed by atoms with van der Waals surface area (Å²) in [6.45, 7) is 2.31. The molecule has 1 aliphatic rings. The Hall–Kier alpha value is -3.62. The van der Waals surface area contributed by atoms with Crippen LogP contribution in [0.1, 0.15) is 34.2 Å². The lowest BCUT2D eigenvalue weighted by Gasteiger charge is -2.09. The molecule has 3 N–H and O–H groups in total. The van der Waals surface area contributed by atoms with Crippen LogP contribution in [0.2, 0.25) is 0 Å². The van der Waals surface area contributed by atoms with E-state index in [9.17, 15) is 14.4 Å². The van der Waals surface area contributed by atoms with Gasteiger partial charge in [0.1, 0.15) is 0 Å². The van der Waals surface area contributed by atoms with Crippen LogP contribution >= 0.6 is 0 Å². The molecule has 9 heteroatoms. The summed E-state index contributed by atoms with van der Waals surface area (Å²) >= 11 is 0. The van der Waals surface area contributed by atoms with Crippen molar-refractivity contribution < 1.29 is 14.3 Å². The van der Waals surface area contributed by atoms with Gasteiger partial charge in [0.25, 0.3) is 5.56 Å². The van der Waals surface area contributed by atoms with Crippen LogP contribution in [0, 0.1) is 0 Å². The van der Waals surface area contributed by atoms with E-state index in [1.165, 1.54) is 6.20 Å². The Morgan fingerprint density at radius 2 is 2.18 bits per heavy atom. The van der Waals surface area contributed by atoms with Crippen molar-refractivity contribution in [1.82, 2.24) is 25.0 Å². The molecule has 0 spiro atoms. The number of ether oxygens (including phenoxy) is 1. The Kier molecular flexibility index (Phi) is 4.34. The zero-order valence-corrected chi connectivity index (χ0v) is 15.5. The predicted octanol–water partition coefficient (Wildman–Crippen LogP) is 1.20. The second kappa shape index (κ2) is 6.84. The number of carbonyl (C=O) groups is 2. The maximum absolute atomic E-state index is 12.5. The quantitative estimate of drug-likeness (QED) is 0.459. The first-order chi connectivity index (χ1) is 13.5. The number of carbonyl (C=O) groups excluding carboxylic acids is 2. The molecule has 2 heterocycles. The molecule has 0 saturated heterocycles. The lowest BCUT2D eigenvalue weighted by molar-refractivity contribution is 0.0520. The standard InChI is InChI=1S/C19H19N5O4/c1-3-28-18(26)13-9-24-14-7-12-10(8-21-19(27)20-2)5-4-6-11(12)15(14)23-17(25)16(24)22-13/h4-6,9H,3,7-8H2,1-2H3,(H,23,25)(H2,20,21,27). The summed E-state index contributed by atoms with van der Waals surface area (Å²) in [7, 11) is 1.56. The molecular weight excluding hydrogens is 362 g/mol. The molecule has 9 nitrogen and oxygen atoms in total. The number of hydrogen-bond donors (Lipinski definition) is 3. The van der Waals surface area contributed by atoms with Gasteiger partial charge in [0.05, 0.1) is 18.0 Å². The number of fused-ring (bicyclic) bond motifs is 5. The van der Waals surface area contributed by atoms with Gasteiger partial charge in [-0.3, -0.25) is 9.20 Å². The van der Waals surface area contributed by atoms with Crippen LogP contribution in [0.25, 0.3) is 16.9 Å². The number of hydrogen-bond acceptors (Lipinski definition) is 5. The molecule has 28 heavy (non-hydrogen) atoms. The van der Waals surface area contributed by atoms with Gasteiger partial charge < -0.3 is 20.4 Å². The number of aromatic amines is 1. The number of nitrogens with zero attached hydrogens (tertiary/aromatic N) is 2. The first-order valence-corrected chi connectivity index (χ1v) is 8.91. The smallest absolute Gasteiger partial charge is 0.358 e. The molecule has 1 aromatic carbocycles. The van der Waals surface area contributed by atoms with Crippen molar-refractivity contribution in [3.63, 3.8) is 0 Å². The summed E-state index contributed by atoms with van der Waals surface area (Å²) in [4.78, 5) is 43.1. The van der Waals surface area contributed by atoms with Crippen molar-refractivity contribution in [2.24, 2.45) is 0 Å². The lowest BCUT2D eigenvalue weighted by Crippen LogP contribution is -2.32.